The molecule has 0 spiro atoms. The number of hydrogen-bond acceptors (Lipinski definition) is 3. The van der Waals surface area contributed by atoms with Gasteiger partial charge >= 0.3 is 0 Å². The van der Waals surface area contributed by atoms with Gasteiger partial charge in [-0.05, 0) is 19.5 Å². The Kier molecular flexibility index (Phi) is 11.3. The van der Waals surface area contributed by atoms with E-state index in [0.717, 1.165) is 12.2 Å². The molecule has 1 aromatic heterocycles. The number of halogens is 2. The predicted octanol–water partition coefficient (Wildman–Crippen LogP) is 0.910. The van der Waals surface area contributed by atoms with Crippen LogP contribution < -0.4 is 10.6 Å². The summed E-state index contributed by atoms with van der Waals surface area (Å²) in [6.07, 6.45) is 2.00. The molecule has 0 aliphatic rings. The van der Waals surface area contributed by atoms with Crippen LogP contribution in [0.4, 0.5) is 0 Å². The number of amides is 1. The summed E-state index contributed by atoms with van der Waals surface area (Å²) in [5.74, 6) is 0.0176. The van der Waals surface area contributed by atoms with Gasteiger partial charge in [0.2, 0.25) is 5.91 Å². The van der Waals surface area contributed by atoms with E-state index < -0.39 is 0 Å². The largest absolute Gasteiger partial charge is 0.354 e. The van der Waals surface area contributed by atoms with Gasteiger partial charge in [-0.3, -0.25) is 9.89 Å². The normalized spacial score (nSPS) is 10.9. The van der Waals surface area contributed by atoms with Gasteiger partial charge in [0.05, 0.1) is 6.42 Å². The van der Waals surface area contributed by atoms with Crippen molar-refractivity contribution >= 4 is 30.7 Å². The number of nitrogens with zero attached hydrogens (tertiary/aromatic N) is 1. The molecule has 0 saturated heterocycles. The van der Waals surface area contributed by atoms with E-state index in [1.165, 1.54) is 0 Å². The molecule has 0 unspecified atom stereocenters. The zero-order valence-corrected chi connectivity index (χ0v) is 11.7. The van der Waals surface area contributed by atoms with E-state index in [1.54, 1.807) is 12.3 Å². The first-order valence-electron chi connectivity index (χ1n) is 5.20. The third-order valence-corrected chi connectivity index (χ3v) is 2.07. The molecule has 3 N–H and O–H groups in total. The first-order valence-corrected chi connectivity index (χ1v) is 5.20. The second-order valence-electron chi connectivity index (χ2n) is 3.52. The molecule has 0 radical (unpaired) electrons. The predicted molar refractivity (Wildman–Crippen MR) is 72.9 cm³/mol. The molecule has 5 nitrogen and oxygen atoms in total. The van der Waals surface area contributed by atoms with E-state index in [1.807, 2.05) is 13.8 Å². The maximum atomic E-state index is 11.4. The van der Waals surface area contributed by atoms with Gasteiger partial charge in [-0.25, -0.2) is 0 Å². The zero-order chi connectivity index (χ0) is 11.1. The van der Waals surface area contributed by atoms with E-state index in [4.69, 9.17) is 0 Å². The first-order chi connectivity index (χ1) is 7.22. The summed E-state index contributed by atoms with van der Waals surface area (Å²) in [6.45, 7) is 5.65. The molecule has 0 aromatic carbocycles. The van der Waals surface area contributed by atoms with Crippen LogP contribution in [0.25, 0.3) is 0 Å². The summed E-state index contributed by atoms with van der Waals surface area (Å²) in [6, 6.07) is 2.11. The highest BCUT2D eigenvalue weighted by Crippen LogP contribution is 1.92. The first kappa shape index (κ1) is 18.6. The van der Waals surface area contributed by atoms with Gasteiger partial charge in [-0.15, -0.1) is 24.8 Å². The highest BCUT2D eigenvalue weighted by atomic mass is 35.5. The molecule has 0 bridgehead atoms. The molecule has 1 heterocycles. The van der Waals surface area contributed by atoms with Crippen molar-refractivity contribution < 1.29 is 4.79 Å². The Bertz CT molecular complexity index is 293. The summed E-state index contributed by atoms with van der Waals surface area (Å²) < 4.78 is 0. The average Bonchev–Trinajstić information content (AvgIpc) is 2.68. The Morgan fingerprint density at radius 2 is 2.24 bits per heavy atom. The number of aromatic amines is 1. The summed E-state index contributed by atoms with van der Waals surface area (Å²) in [5.41, 5.74) is 0.837. The van der Waals surface area contributed by atoms with Crippen molar-refractivity contribution in [2.24, 2.45) is 0 Å². The van der Waals surface area contributed by atoms with Gasteiger partial charge < -0.3 is 10.6 Å². The minimum absolute atomic E-state index is 0. The van der Waals surface area contributed by atoms with E-state index in [9.17, 15) is 4.79 Å². The number of carbonyl (C=O) groups is 1. The third-order valence-electron chi connectivity index (χ3n) is 2.07. The molecule has 0 aliphatic carbocycles. The number of rotatable bonds is 6. The molecule has 100 valence electrons. The lowest BCUT2D eigenvalue weighted by Crippen LogP contribution is -2.39. The van der Waals surface area contributed by atoms with Crippen molar-refractivity contribution in [2.75, 3.05) is 13.1 Å². The smallest absolute Gasteiger partial charge is 0.226 e. The van der Waals surface area contributed by atoms with Crippen LogP contribution >= 0.6 is 24.8 Å². The van der Waals surface area contributed by atoms with Crippen LogP contribution in [0, 0.1) is 0 Å². The number of aromatic nitrogens is 2. The van der Waals surface area contributed by atoms with Gasteiger partial charge in [-0.2, -0.15) is 5.10 Å². The monoisotopic (exact) mass is 282 g/mol. The van der Waals surface area contributed by atoms with Crippen molar-refractivity contribution in [2.45, 2.75) is 26.3 Å². The molecule has 0 saturated carbocycles. The zero-order valence-electron chi connectivity index (χ0n) is 10.0. The van der Waals surface area contributed by atoms with Gasteiger partial charge in [-0.1, -0.05) is 6.92 Å². The number of hydrogen-bond donors (Lipinski definition) is 3. The molecule has 1 aromatic rings. The van der Waals surface area contributed by atoms with Crippen molar-refractivity contribution in [3.05, 3.63) is 18.0 Å². The molecule has 0 aliphatic heterocycles. The van der Waals surface area contributed by atoms with Crippen LogP contribution in [0.3, 0.4) is 0 Å². The summed E-state index contributed by atoms with van der Waals surface area (Å²) in [5, 5.41) is 12.6. The number of nitrogens with one attached hydrogen (secondary N) is 3. The standard InChI is InChI=1S/C10H18N4O.2ClH/c1-3-11-8(2)7-12-10(15)6-9-4-5-13-14-9;;/h4-5,8,11H,3,6-7H2,1-2H3,(H,12,15)(H,13,14);2*1H/t8-;;/m1../s1. The number of H-pyrrole nitrogens is 1. The lowest BCUT2D eigenvalue weighted by Gasteiger charge is -2.12. The Morgan fingerprint density at radius 1 is 1.53 bits per heavy atom. The summed E-state index contributed by atoms with van der Waals surface area (Å²) in [4.78, 5) is 11.4. The summed E-state index contributed by atoms with van der Waals surface area (Å²) in [7, 11) is 0. The van der Waals surface area contributed by atoms with Gasteiger partial charge in [0.25, 0.3) is 0 Å². The quantitative estimate of drug-likeness (QED) is 0.727. The van der Waals surface area contributed by atoms with E-state index in [2.05, 4.69) is 20.8 Å². The maximum absolute atomic E-state index is 11.4. The fourth-order valence-electron chi connectivity index (χ4n) is 1.31. The molecule has 1 atom stereocenters. The number of carbonyl (C=O) groups excluding carboxylic acids is 1. The Balaban J connectivity index is 0. The maximum Gasteiger partial charge on any atom is 0.226 e. The molecule has 1 amide bonds. The van der Waals surface area contributed by atoms with E-state index >= 15 is 0 Å². The minimum Gasteiger partial charge on any atom is -0.354 e. The van der Waals surface area contributed by atoms with Gasteiger partial charge in [0, 0.05) is 24.5 Å². The van der Waals surface area contributed by atoms with Crippen molar-refractivity contribution in [1.82, 2.24) is 20.8 Å². The second kappa shape index (κ2) is 10.4. The Labute approximate surface area is 114 Å². The van der Waals surface area contributed by atoms with Crippen LogP contribution in [0.15, 0.2) is 12.3 Å². The topological polar surface area (TPSA) is 69.8 Å². The van der Waals surface area contributed by atoms with Crippen LogP contribution in [0.2, 0.25) is 0 Å². The Morgan fingerprint density at radius 3 is 2.76 bits per heavy atom. The van der Waals surface area contributed by atoms with E-state index in [0.29, 0.717) is 19.0 Å². The third kappa shape index (κ3) is 8.01. The van der Waals surface area contributed by atoms with Crippen molar-refractivity contribution in [3.8, 4) is 0 Å². The van der Waals surface area contributed by atoms with Crippen molar-refractivity contribution in [3.63, 3.8) is 0 Å². The van der Waals surface area contributed by atoms with E-state index in [-0.39, 0.29) is 30.7 Å². The minimum atomic E-state index is 0. The molecule has 0 fully saturated rings. The summed E-state index contributed by atoms with van der Waals surface area (Å²) >= 11 is 0. The number of likely N-dealkylation sites (N-methyl/N-ethyl adjacent to an activating group) is 1. The van der Waals surface area contributed by atoms with Gasteiger partial charge in [0.15, 0.2) is 0 Å². The second-order valence-corrected chi connectivity index (χ2v) is 3.52. The highest BCUT2D eigenvalue weighted by Gasteiger charge is 2.05. The molecular weight excluding hydrogens is 263 g/mol. The van der Waals surface area contributed by atoms with Gasteiger partial charge in [0.1, 0.15) is 0 Å². The van der Waals surface area contributed by atoms with Crippen LogP contribution in [-0.4, -0.2) is 35.2 Å². The highest BCUT2D eigenvalue weighted by molar-refractivity contribution is 5.85. The van der Waals surface area contributed by atoms with Crippen LogP contribution in [-0.2, 0) is 11.2 Å². The van der Waals surface area contributed by atoms with Crippen LogP contribution in [0.5, 0.6) is 0 Å². The fourth-order valence-corrected chi connectivity index (χ4v) is 1.31. The lowest BCUT2D eigenvalue weighted by atomic mass is 10.3. The lowest BCUT2D eigenvalue weighted by molar-refractivity contribution is -0.120. The SMILES string of the molecule is CCN[C@H](C)CNC(=O)Cc1ccn[nH]1.Cl.Cl. The van der Waals surface area contributed by atoms with Crippen molar-refractivity contribution in [1.29, 1.82) is 0 Å². The van der Waals surface area contributed by atoms with Crippen LogP contribution in [0.1, 0.15) is 19.5 Å². The molecule has 17 heavy (non-hydrogen) atoms. The average molecular weight is 283 g/mol. The Hall–Kier alpha value is -0.780. The fraction of sp³-hybridized carbons (Fsp3) is 0.600. The molecule has 7 heteroatoms. The molecule has 1 rings (SSSR count). The molecular formula is C10H20Cl2N4O.